The normalized spacial score (nSPS) is 10.1. The van der Waals surface area contributed by atoms with Crippen LogP contribution in [-0.2, 0) is 0 Å². The van der Waals surface area contributed by atoms with Crippen molar-refractivity contribution in [2.75, 3.05) is 0 Å². The van der Waals surface area contributed by atoms with Gasteiger partial charge in [0.2, 0.25) is 5.88 Å². The molecule has 0 N–H and O–H groups in total. The van der Waals surface area contributed by atoms with Gasteiger partial charge in [0.15, 0.2) is 0 Å². The second-order valence-electron chi connectivity index (χ2n) is 4.14. The summed E-state index contributed by atoms with van der Waals surface area (Å²) in [5.74, 6) is 1.06. The number of rotatable bonds is 4. The van der Waals surface area contributed by atoms with E-state index in [-0.39, 0.29) is 0 Å². The lowest BCUT2D eigenvalue weighted by Crippen LogP contribution is -2.06. The molecule has 0 saturated carbocycles. The highest BCUT2D eigenvalue weighted by molar-refractivity contribution is 5.90. The molecule has 0 bridgehead atoms. The fourth-order valence-electron chi connectivity index (χ4n) is 1.65. The number of carbonyl (C=O) groups is 1. The van der Waals surface area contributed by atoms with Gasteiger partial charge in [-0.2, -0.15) is 0 Å². The summed E-state index contributed by atoms with van der Waals surface area (Å²) < 4.78 is 15.6. The average molecular weight is 281 g/mol. The van der Waals surface area contributed by atoms with Crippen LogP contribution in [0.4, 0.5) is 0 Å². The highest BCUT2D eigenvalue weighted by Gasteiger charge is 2.09. The van der Waals surface area contributed by atoms with Gasteiger partial charge in [-0.3, -0.25) is 0 Å². The minimum atomic E-state index is -0.470. The summed E-state index contributed by atoms with van der Waals surface area (Å²) >= 11 is 0. The maximum Gasteiger partial charge on any atom is 0.346 e. The van der Waals surface area contributed by atoms with Crippen LogP contribution in [0.5, 0.6) is 17.4 Å². The molecule has 2 heterocycles. The van der Waals surface area contributed by atoms with E-state index in [2.05, 4.69) is 4.98 Å². The standard InChI is InChI=1S/C16H11NO4/c18-16(12-8-10-19-11-12)21-14-6-4-13(5-7-14)20-15-3-1-2-9-17-15/h1-11H. The Kier molecular flexibility index (Phi) is 3.64. The summed E-state index contributed by atoms with van der Waals surface area (Å²) in [7, 11) is 0. The molecule has 0 fully saturated rings. The molecule has 5 heteroatoms. The molecular formula is C16H11NO4. The number of nitrogens with zero attached hydrogens (tertiary/aromatic N) is 1. The number of furan rings is 1. The average Bonchev–Trinajstić information content (AvgIpc) is 3.05. The monoisotopic (exact) mass is 281 g/mol. The second kappa shape index (κ2) is 5.92. The summed E-state index contributed by atoms with van der Waals surface area (Å²) in [6.07, 6.45) is 4.40. The van der Waals surface area contributed by atoms with Crippen LogP contribution in [0.1, 0.15) is 10.4 Å². The van der Waals surface area contributed by atoms with Crippen LogP contribution in [0.15, 0.2) is 71.7 Å². The first-order valence-electron chi connectivity index (χ1n) is 6.24. The first kappa shape index (κ1) is 12.9. The van der Waals surface area contributed by atoms with E-state index in [1.165, 1.54) is 12.5 Å². The maximum absolute atomic E-state index is 11.7. The van der Waals surface area contributed by atoms with E-state index in [1.807, 2.05) is 12.1 Å². The van der Waals surface area contributed by atoms with Crippen molar-refractivity contribution in [2.24, 2.45) is 0 Å². The number of pyridine rings is 1. The fourth-order valence-corrected chi connectivity index (χ4v) is 1.65. The Bertz CT molecular complexity index is 706. The third-order valence-electron chi connectivity index (χ3n) is 2.65. The zero-order valence-electron chi connectivity index (χ0n) is 10.9. The summed E-state index contributed by atoms with van der Waals surface area (Å²) in [4.78, 5) is 15.8. The van der Waals surface area contributed by atoms with Gasteiger partial charge in [0, 0.05) is 12.3 Å². The minimum absolute atomic E-state index is 0.365. The van der Waals surface area contributed by atoms with Gasteiger partial charge in [0.1, 0.15) is 17.8 Å². The number of carbonyl (C=O) groups excluding carboxylic acids is 1. The van der Waals surface area contributed by atoms with Crippen molar-refractivity contribution < 1.29 is 18.7 Å². The molecule has 2 aromatic heterocycles. The Hall–Kier alpha value is -3.08. The molecule has 21 heavy (non-hydrogen) atoms. The van der Waals surface area contributed by atoms with Crippen LogP contribution in [0.25, 0.3) is 0 Å². The van der Waals surface area contributed by atoms with E-state index in [0.717, 1.165) is 0 Å². The Morgan fingerprint density at radius 3 is 2.48 bits per heavy atom. The molecular weight excluding hydrogens is 270 g/mol. The maximum atomic E-state index is 11.7. The van der Waals surface area contributed by atoms with Gasteiger partial charge in [-0.15, -0.1) is 0 Å². The van der Waals surface area contributed by atoms with E-state index in [1.54, 1.807) is 42.6 Å². The Labute approximate surface area is 120 Å². The summed E-state index contributed by atoms with van der Waals surface area (Å²) in [5, 5.41) is 0. The Morgan fingerprint density at radius 1 is 1.00 bits per heavy atom. The molecule has 0 aliphatic rings. The fraction of sp³-hybridized carbons (Fsp3) is 0. The van der Waals surface area contributed by atoms with Crippen molar-refractivity contribution in [1.29, 1.82) is 0 Å². The van der Waals surface area contributed by atoms with Gasteiger partial charge in [-0.1, -0.05) is 6.07 Å². The van der Waals surface area contributed by atoms with E-state index < -0.39 is 5.97 Å². The van der Waals surface area contributed by atoms with Crippen LogP contribution >= 0.6 is 0 Å². The minimum Gasteiger partial charge on any atom is -0.472 e. The molecule has 0 aliphatic carbocycles. The van der Waals surface area contributed by atoms with Gasteiger partial charge in [0.05, 0.1) is 11.8 Å². The number of hydrogen-bond donors (Lipinski definition) is 0. The smallest absolute Gasteiger partial charge is 0.346 e. The number of ether oxygens (including phenoxy) is 2. The molecule has 0 aliphatic heterocycles. The summed E-state index contributed by atoms with van der Waals surface area (Å²) in [5.41, 5.74) is 0.365. The van der Waals surface area contributed by atoms with Crippen molar-refractivity contribution in [3.05, 3.63) is 72.8 Å². The molecule has 3 rings (SSSR count). The van der Waals surface area contributed by atoms with Crippen LogP contribution in [0.3, 0.4) is 0 Å². The van der Waals surface area contributed by atoms with Crippen LogP contribution in [0.2, 0.25) is 0 Å². The van der Waals surface area contributed by atoms with Crippen molar-refractivity contribution in [3.8, 4) is 17.4 Å². The van der Waals surface area contributed by atoms with Crippen molar-refractivity contribution in [2.45, 2.75) is 0 Å². The SMILES string of the molecule is O=C(Oc1ccc(Oc2ccccn2)cc1)c1ccoc1. The molecule has 0 saturated heterocycles. The predicted molar refractivity (Wildman–Crippen MR) is 74.4 cm³/mol. The second-order valence-corrected chi connectivity index (χ2v) is 4.14. The van der Waals surface area contributed by atoms with Gasteiger partial charge >= 0.3 is 5.97 Å². The van der Waals surface area contributed by atoms with Crippen molar-refractivity contribution in [3.63, 3.8) is 0 Å². The first-order chi connectivity index (χ1) is 10.3. The number of hydrogen-bond acceptors (Lipinski definition) is 5. The Balaban J connectivity index is 1.65. The van der Waals surface area contributed by atoms with Gasteiger partial charge < -0.3 is 13.9 Å². The third-order valence-corrected chi connectivity index (χ3v) is 2.65. The zero-order chi connectivity index (χ0) is 14.5. The highest BCUT2D eigenvalue weighted by atomic mass is 16.5. The molecule has 0 amide bonds. The summed E-state index contributed by atoms with van der Waals surface area (Å²) in [6.45, 7) is 0. The molecule has 0 spiro atoms. The molecule has 1 aromatic carbocycles. The van der Waals surface area contributed by atoms with Crippen LogP contribution < -0.4 is 9.47 Å². The third kappa shape index (κ3) is 3.27. The number of esters is 1. The van der Waals surface area contributed by atoms with Gasteiger partial charge in [-0.25, -0.2) is 9.78 Å². The van der Waals surface area contributed by atoms with Crippen LogP contribution in [-0.4, -0.2) is 11.0 Å². The topological polar surface area (TPSA) is 61.6 Å². The molecule has 3 aromatic rings. The lowest BCUT2D eigenvalue weighted by Gasteiger charge is -2.06. The van der Waals surface area contributed by atoms with E-state index in [0.29, 0.717) is 22.9 Å². The molecule has 0 unspecified atom stereocenters. The number of benzene rings is 1. The summed E-state index contributed by atoms with van der Waals surface area (Å²) in [6, 6.07) is 13.6. The Morgan fingerprint density at radius 2 is 1.81 bits per heavy atom. The molecule has 5 nitrogen and oxygen atoms in total. The van der Waals surface area contributed by atoms with Crippen molar-refractivity contribution >= 4 is 5.97 Å². The van der Waals surface area contributed by atoms with Gasteiger partial charge in [-0.05, 0) is 36.4 Å². The van der Waals surface area contributed by atoms with E-state index >= 15 is 0 Å². The first-order valence-corrected chi connectivity index (χ1v) is 6.24. The lowest BCUT2D eigenvalue weighted by atomic mass is 10.3. The van der Waals surface area contributed by atoms with E-state index in [4.69, 9.17) is 13.9 Å². The molecule has 104 valence electrons. The number of aromatic nitrogens is 1. The highest BCUT2D eigenvalue weighted by Crippen LogP contribution is 2.22. The van der Waals surface area contributed by atoms with Crippen molar-refractivity contribution in [1.82, 2.24) is 4.98 Å². The van der Waals surface area contributed by atoms with E-state index in [9.17, 15) is 4.79 Å². The lowest BCUT2D eigenvalue weighted by molar-refractivity contribution is 0.0734. The van der Waals surface area contributed by atoms with Gasteiger partial charge in [0.25, 0.3) is 0 Å². The zero-order valence-corrected chi connectivity index (χ0v) is 10.9. The van der Waals surface area contributed by atoms with Crippen LogP contribution in [0, 0.1) is 0 Å². The predicted octanol–water partition coefficient (Wildman–Crippen LogP) is 3.69. The molecule has 0 radical (unpaired) electrons. The largest absolute Gasteiger partial charge is 0.472 e. The quantitative estimate of drug-likeness (QED) is 0.539. The molecule has 0 atom stereocenters.